The third-order valence-corrected chi connectivity index (χ3v) is 7.09. The normalized spacial score (nSPS) is 14.5. The highest BCUT2D eigenvalue weighted by Gasteiger charge is 2.44. The number of hydrogen-bond donors (Lipinski definition) is 2. The predicted octanol–water partition coefficient (Wildman–Crippen LogP) is 5.60. The van der Waals surface area contributed by atoms with Crippen LogP contribution >= 0.6 is 11.8 Å². The molecule has 0 heterocycles. The molecule has 0 aromatic heterocycles. The van der Waals surface area contributed by atoms with E-state index in [4.69, 9.17) is 11.2 Å². The lowest BCUT2D eigenvalue weighted by Crippen LogP contribution is -2.53. The Kier molecular flexibility index (Phi) is 10.1. The van der Waals surface area contributed by atoms with E-state index in [0.29, 0.717) is 23.3 Å². The minimum atomic E-state index is -0.909. The molecule has 208 valence electrons. The summed E-state index contributed by atoms with van der Waals surface area (Å²) in [5.74, 6) is 2.63. The number of rotatable bonds is 10. The Morgan fingerprint density at radius 2 is 1.72 bits per heavy atom. The SMILES string of the molecule is C#Cc1ccc(C(C(=O)Nc2c(C)cccc2C)N(C(=O)C(CCSC)NC(=O)OC(C)(C)C)C2CC2)cc1. The first-order valence-electron chi connectivity index (χ1n) is 13.2. The minimum Gasteiger partial charge on any atom is -0.444 e. The molecule has 39 heavy (non-hydrogen) atoms. The van der Waals surface area contributed by atoms with Gasteiger partial charge in [-0.3, -0.25) is 9.59 Å². The van der Waals surface area contributed by atoms with E-state index in [2.05, 4.69) is 16.6 Å². The molecule has 2 N–H and O–H groups in total. The number of aryl methyl sites for hydroxylation is 2. The number of carbonyl (C=O) groups excluding carboxylic acids is 3. The number of para-hydroxylation sites is 1. The van der Waals surface area contributed by atoms with Crippen LogP contribution in [0.1, 0.15) is 68.3 Å². The van der Waals surface area contributed by atoms with Crippen molar-refractivity contribution in [1.82, 2.24) is 10.2 Å². The van der Waals surface area contributed by atoms with E-state index >= 15 is 0 Å². The fourth-order valence-electron chi connectivity index (χ4n) is 4.40. The van der Waals surface area contributed by atoms with Crippen molar-refractivity contribution < 1.29 is 19.1 Å². The van der Waals surface area contributed by atoms with Crippen molar-refractivity contribution in [2.75, 3.05) is 17.3 Å². The second kappa shape index (κ2) is 13.1. The Labute approximate surface area is 236 Å². The van der Waals surface area contributed by atoms with Gasteiger partial charge >= 0.3 is 6.09 Å². The molecule has 3 amide bonds. The molecule has 0 saturated heterocycles. The molecule has 2 atom stereocenters. The molecule has 0 aliphatic heterocycles. The number of nitrogens with one attached hydrogen (secondary N) is 2. The molecule has 2 unspecified atom stereocenters. The van der Waals surface area contributed by atoms with Crippen LogP contribution in [0.5, 0.6) is 0 Å². The van der Waals surface area contributed by atoms with Crippen LogP contribution in [-0.2, 0) is 14.3 Å². The standard InChI is InChI=1S/C31H39N3O4S/c1-8-22-12-14-23(15-13-22)27(28(35)33-26-20(2)10-9-11-21(26)3)34(24-16-17-24)29(36)25(18-19-39-7)32-30(37)38-31(4,5)6/h1,9-15,24-25,27H,16-19H2,2-7H3,(H,32,37)(H,33,35). The summed E-state index contributed by atoms with van der Waals surface area (Å²) in [4.78, 5) is 42.6. The van der Waals surface area contributed by atoms with Gasteiger partial charge in [-0.25, -0.2) is 4.79 Å². The van der Waals surface area contributed by atoms with Crippen molar-refractivity contribution >= 4 is 35.4 Å². The van der Waals surface area contributed by atoms with E-state index < -0.39 is 23.8 Å². The summed E-state index contributed by atoms with van der Waals surface area (Å²) >= 11 is 1.58. The lowest BCUT2D eigenvalue weighted by molar-refractivity contribution is -0.141. The van der Waals surface area contributed by atoms with Crippen LogP contribution in [0.2, 0.25) is 0 Å². The number of alkyl carbamates (subject to hydrolysis) is 1. The van der Waals surface area contributed by atoms with Gasteiger partial charge in [0.05, 0.1) is 0 Å². The van der Waals surface area contributed by atoms with E-state index in [1.54, 1.807) is 61.7 Å². The summed E-state index contributed by atoms with van der Waals surface area (Å²) in [5.41, 5.74) is 3.21. The average molecular weight is 550 g/mol. The largest absolute Gasteiger partial charge is 0.444 e. The van der Waals surface area contributed by atoms with E-state index in [0.717, 1.165) is 29.7 Å². The highest BCUT2D eigenvalue weighted by Crippen LogP contribution is 2.37. The van der Waals surface area contributed by atoms with Crippen molar-refractivity contribution in [3.8, 4) is 12.3 Å². The zero-order valence-corrected chi connectivity index (χ0v) is 24.5. The van der Waals surface area contributed by atoms with Crippen molar-refractivity contribution in [3.63, 3.8) is 0 Å². The monoisotopic (exact) mass is 549 g/mol. The number of terminal acetylenes is 1. The van der Waals surface area contributed by atoms with Crippen LogP contribution in [0.25, 0.3) is 0 Å². The van der Waals surface area contributed by atoms with Crippen molar-refractivity contribution in [2.45, 2.75) is 77.6 Å². The van der Waals surface area contributed by atoms with Crippen LogP contribution in [0, 0.1) is 26.2 Å². The van der Waals surface area contributed by atoms with Gasteiger partial charge in [0.15, 0.2) is 0 Å². The Hall–Kier alpha value is -3.44. The lowest BCUT2D eigenvalue weighted by atomic mass is 10.00. The summed E-state index contributed by atoms with van der Waals surface area (Å²) < 4.78 is 5.45. The number of carbonyl (C=O) groups is 3. The summed E-state index contributed by atoms with van der Waals surface area (Å²) in [6.45, 7) is 9.19. The molecule has 1 aliphatic carbocycles. The van der Waals surface area contributed by atoms with Crippen molar-refractivity contribution in [3.05, 3.63) is 64.7 Å². The van der Waals surface area contributed by atoms with Crippen molar-refractivity contribution in [1.29, 1.82) is 0 Å². The Morgan fingerprint density at radius 1 is 1.10 bits per heavy atom. The van der Waals surface area contributed by atoms with Gasteiger partial charge in [-0.1, -0.05) is 36.3 Å². The van der Waals surface area contributed by atoms with Gasteiger partial charge in [-0.15, -0.1) is 6.42 Å². The highest BCUT2D eigenvalue weighted by molar-refractivity contribution is 7.98. The Balaban J connectivity index is 2.01. The molecule has 3 rings (SSSR count). The van der Waals surface area contributed by atoms with Gasteiger partial charge in [-0.05, 0) is 94.7 Å². The number of hydrogen-bond acceptors (Lipinski definition) is 5. The number of benzene rings is 2. The van der Waals surface area contributed by atoms with E-state index in [1.807, 2.05) is 38.3 Å². The number of amides is 3. The molecule has 0 radical (unpaired) electrons. The van der Waals surface area contributed by atoms with Crippen LogP contribution in [0.15, 0.2) is 42.5 Å². The molecule has 7 nitrogen and oxygen atoms in total. The predicted molar refractivity (Wildman–Crippen MR) is 158 cm³/mol. The zero-order chi connectivity index (χ0) is 28.7. The van der Waals surface area contributed by atoms with Gasteiger partial charge in [0.1, 0.15) is 17.7 Å². The van der Waals surface area contributed by atoms with E-state index in [9.17, 15) is 14.4 Å². The Bertz CT molecular complexity index is 1210. The van der Waals surface area contributed by atoms with Crippen molar-refractivity contribution in [2.24, 2.45) is 0 Å². The summed E-state index contributed by atoms with van der Waals surface area (Å²) in [6.07, 6.45) is 8.82. The third kappa shape index (κ3) is 8.27. The topological polar surface area (TPSA) is 87.7 Å². The van der Waals surface area contributed by atoms with Gasteiger partial charge in [0.25, 0.3) is 5.91 Å². The van der Waals surface area contributed by atoms with Gasteiger partial charge in [0, 0.05) is 17.3 Å². The van der Waals surface area contributed by atoms with Crippen LogP contribution in [-0.4, -0.2) is 52.5 Å². The maximum absolute atomic E-state index is 14.2. The summed E-state index contributed by atoms with van der Waals surface area (Å²) in [6, 6.07) is 11.1. The fraction of sp³-hybridized carbons (Fsp3) is 0.452. The fourth-order valence-corrected chi connectivity index (χ4v) is 4.87. The molecule has 1 saturated carbocycles. The first kappa shape index (κ1) is 30.1. The summed E-state index contributed by atoms with van der Waals surface area (Å²) in [7, 11) is 0. The van der Waals surface area contributed by atoms with E-state index in [-0.39, 0.29) is 17.9 Å². The Morgan fingerprint density at radius 3 is 2.23 bits per heavy atom. The molecule has 0 spiro atoms. The molecule has 1 fully saturated rings. The van der Waals surface area contributed by atoms with Crippen LogP contribution < -0.4 is 10.6 Å². The summed E-state index contributed by atoms with van der Waals surface area (Å²) in [5, 5.41) is 5.87. The number of thioether (sulfide) groups is 1. The molecule has 2 aromatic rings. The first-order valence-corrected chi connectivity index (χ1v) is 14.6. The maximum Gasteiger partial charge on any atom is 0.408 e. The number of ether oxygens (including phenoxy) is 1. The quantitative estimate of drug-likeness (QED) is 0.377. The van der Waals surface area contributed by atoms with Gasteiger partial charge in [-0.2, -0.15) is 11.8 Å². The zero-order valence-electron chi connectivity index (χ0n) is 23.7. The van der Waals surface area contributed by atoms with Gasteiger partial charge in [0.2, 0.25) is 5.91 Å². The maximum atomic E-state index is 14.2. The third-order valence-electron chi connectivity index (χ3n) is 6.44. The lowest BCUT2D eigenvalue weighted by Gasteiger charge is -2.35. The smallest absolute Gasteiger partial charge is 0.408 e. The minimum absolute atomic E-state index is 0.115. The first-order chi connectivity index (χ1) is 18.4. The molecular formula is C31H39N3O4S. The van der Waals surface area contributed by atoms with Crippen LogP contribution in [0.3, 0.4) is 0 Å². The second-order valence-corrected chi connectivity index (χ2v) is 11.9. The molecule has 1 aliphatic rings. The number of anilines is 1. The molecular weight excluding hydrogens is 510 g/mol. The molecule has 0 bridgehead atoms. The molecule has 8 heteroatoms. The second-order valence-electron chi connectivity index (χ2n) is 10.9. The molecule has 2 aromatic carbocycles. The average Bonchev–Trinajstić information content (AvgIpc) is 3.71. The number of nitrogens with zero attached hydrogens (tertiary/aromatic N) is 1. The van der Waals surface area contributed by atoms with E-state index in [1.165, 1.54) is 0 Å². The highest BCUT2D eigenvalue weighted by atomic mass is 32.2. The van der Waals surface area contributed by atoms with Crippen LogP contribution in [0.4, 0.5) is 10.5 Å². The van der Waals surface area contributed by atoms with Gasteiger partial charge < -0.3 is 20.3 Å².